The van der Waals surface area contributed by atoms with Crippen LogP contribution >= 0.6 is 0 Å². The second-order valence-electron chi connectivity index (χ2n) is 17.3. The Hall–Kier alpha value is -7.48. The van der Waals surface area contributed by atoms with E-state index in [1.54, 1.807) is 0 Å². The Kier molecular flexibility index (Phi) is 9.39. The summed E-state index contributed by atoms with van der Waals surface area (Å²) < 4.78 is 0. The second-order valence-corrected chi connectivity index (χ2v) is 17.3. The smallest absolute Gasteiger partial charge is 0.0465 e. The number of benzene rings is 9. The third-order valence-corrected chi connectivity index (χ3v) is 13.2. The predicted octanol–water partition coefficient (Wildman–Crippen LogP) is 16.8. The molecule has 11 rings (SSSR count). The first-order valence-electron chi connectivity index (χ1n) is 21.9. The van der Waals surface area contributed by atoms with Crippen molar-refractivity contribution in [3.8, 4) is 66.8 Å². The molecule has 0 saturated heterocycles. The number of aryl methyl sites for hydroxylation is 1. The van der Waals surface area contributed by atoms with Gasteiger partial charge in [0.1, 0.15) is 0 Å². The van der Waals surface area contributed by atoms with Gasteiger partial charge in [0.05, 0.1) is 0 Å². The summed E-state index contributed by atoms with van der Waals surface area (Å²) in [6, 6.07) is 78.3. The fourth-order valence-corrected chi connectivity index (χ4v) is 9.68. The average molecular weight is 794 g/mol. The van der Waals surface area contributed by atoms with Crippen LogP contribution in [0.15, 0.2) is 218 Å². The van der Waals surface area contributed by atoms with E-state index >= 15 is 0 Å². The number of anilines is 3. The fraction of sp³-hybridized carbons (Fsp3) is 0.0820. The number of rotatable bonds is 8. The maximum absolute atomic E-state index is 2.45. The highest BCUT2D eigenvalue weighted by molar-refractivity contribution is 5.88. The molecule has 296 valence electrons. The molecule has 0 N–H and O–H groups in total. The molecule has 2 aliphatic rings. The SMILES string of the molecule is CC1(C)c2cc(-c3ccc4c(c3)CCC=C4)ccc2-c2ccc(N(c3ccc(-c4ccc(-c5ccccc5)cc4)cc3)c3ccc(-c4ccc(-c5ccccc5)cc4)cc3)cc21. The number of allylic oxidation sites excluding steroid dienone is 1. The topological polar surface area (TPSA) is 3.24 Å². The molecular weight excluding hydrogens is 747 g/mol. The second kappa shape index (κ2) is 15.5. The predicted molar refractivity (Wildman–Crippen MR) is 263 cm³/mol. The van der Waals surface area contributed by atoms with Gasteiger partial charge in [-0.15, -0.1) is 0 Å². The maximum Gasteiger partial charge on any atom is 0.0465 e. The Morgan fingerprint density at radius 3 is 1.26 bits per heavy atom. The van der Waals surface area contributed by atoms with E-state index in [2.05, 4.69) is 243 Å². The summed E-state index contributed by atoms with van der Waals surface area (Å²) in [4.78, 5) is 2.41. The van der Waals surface area contributed by atoms with E-state index in [9.17, 15) is 0 Å². The van der Waals surface area contributed by atoms with E-state index in [0.29, 0.717) is 0 Å². The van der Waals surface area contributed by atoms with Gasteiger partial charge in [-0.3, -0.25) is 0 Å². The summed E-state index contributed by atoms with van der Waals surface area (Å²) in [6.45, 7) is 4.78. The lowest BCUT2D eigenvalue weighted by atomic mass is 9.81. The van der Waals surface area contributed by atoms with Crippen LogP contribution in [0.5, 0.6) is 0 Å². The molecule has 0 unspecified atom stereocenters. The summed E-state index contributed by atoms with van der Waals surface area (Å²) in [7, 11) is 0. The van der Waals surface area contributed by atoms with E-state index in [1.165, 1.54) is 89.0 Å². The first kappa shape index (κ1) is 37.5. The first-order chi connectivity index (χ1) is 30.5. The van der Waals surface area contributed by atoms with Crippen LogP contribution in [0.3, 0.4) is 0 Å². The third-order valence-electron chi connectivity index (χ3n) is 13.2. The van der Waals surface area contributed by atoms with E-state index in [-0.39, 0.29) is 5.41 Å². The summed E-state index contributed by atoms with van der Waals surface area (Å²) in [5.74, 6) is 0. The number of hydrogen-bond acceptors (Lipinski definition) is 1. The van der Waals surface area contributed by atoms with Gasteiger partial charge in [-0.25, -0.2) is 0 Å². The largest absolute Gasteiger partial charge is 0.310 e. The Morgan fingerprint density at radius 2 is 0.742 bits per heavy atom. The molecular formula is C61H47N. The van der Waals surface area contributed by atoms with Crippen LogP contribution in [-0.2, 0) is 11.8 Å². The number of nitrogens with zero attached hydrogens (tertiary/aromatic N) is 1. The van der Waals surface area contributed by atoms with Crippen molar-refractivity contribution >= 4 is 23.1 Å². The quantitative estimate of drug-likeness (QED) is 0.148. The Morgan fingerprint density at radius 1 is 0.355 bits per heavy atom. The number of fused-ring (bicyclic) bond motifs is 4. The molecule has 9 aromatic carbocycles. The molecule has 62 heavy (non-hydrogen) atoms. The van der Waals surface area contributed by atoms with Crippen molar-refractivity contribution in [1.29, 1.82) is 0 Å². The highest BCUT2D eigenvalue weighted by atomic mass is 15.1. The van der Waals surface area contributed by atoms with Crippen molar-refractivity contribution in [2.75, 3.05) is 4.90 Å². The molecule has 0 bridgehead atoms. The number of hydrogen-bond donors (Lipinski definition) is 0. The lowest BCUT2D eigenvalue weighted by Crippen LogP contribution is -2.16. The van der Waals surface area contributed by atoms with Gasteiger partial charge in [0.15, 0.2) is 0 Å². The zero-order valence-corrected chi connectivity index (χ0v) is 35.2. The average Bonchev–Trinajstić information content (AvgIpc) is 3.57. The molecule has 2 aliphatic carbocycles. The Balaban J connectivity index is 0.945. The Labute approximate surface area is 366 Å². The molecule has 0 atom stereocenters. The van der Waals surface area contributed by atoms with Crippen molar-refractivity contribution in [1.82, 2.24) is 0 Å². The standard InChI is InChI=1S/C61H47N/c1-61(2)59-40-53(52-26-25-44-15-9-10-16-51(44)39-52)31-37-57(59)58-38-36-56(41-60(58)61)62(54-32-27-49(28-33-54)47-21-17-45(18-22-47)42-11-5-3-6-12-42)55-34-29-50(30-35-55)48-23-19-46(20-24-48)43-13-7-4-8-14-43/h3-9,11-15,17-41H,10,16H2,1-2H3. The molecule has 0 heterocycles. The minimum Gasteiger partial charge on any atom is -0.310 e. The normalized spacial score (nSPS) is 13.3. The molecule has 0 fully saturated rings. The van der Waals surface area contributed by atoms with Gasteiger partial charge < -0.3 is 4.90 Å². The van der Waals surface area contributed by atoms with Crippen LogP contribution in [0, 0.1) is 0 Å². The summed E-state index contributed by atoms with van der Waals surface area (Å²) in [6.07, 6.45) is 6.78. The van der Waals surface area contributed by atoms with Gasteiger partial charge >= 0.3 is 0 Å². The van der Waals surface area contributed by atoms with Crippen LogP contribution in [0.25, 0.3) is 72.8 Å². The van der Waals surface area contributed by atoms with Gasteiger partial charge in [0.25, 0.3) is 0 Å². The molecule has 0 aliphatic heterocycles. The first-order valence-corrected chi connectivity index (χ1v) is 21.9. The van der Waals surface area contributed by atoms with E-state index in [0.717, 1.165) is 29.9 Å². The minimum absolute atomic E-state index is 0.176. The van der Waals surface area contributed by atoms with E-state index in [4.69, 9.17) is 0 Å². The monoisotopic (exact) mass is 793 g/mol. The minimum atomic E-state index is -0.176. The van der Waals surface area contributed by atoms with Crippen LogP contribution in [0.4, 0.5) is 17.1 Å². The van der Waals surface area contributed by atoms with Crippen LogP contribution < -0.4 is 4.90 Å². The van der Waals surface area contributed by atoms with Gasteiger partial charge in [-0.2, -0.15) is 0 Å². The molecule has 0 radical (unpaired) electrons. The van der Waals surface area contributed by atoms with Crippen molar-refractivity contribution in [2.45, 2.75) is 32.1 Å². The van der Waals surface area contributed by atoms with E-state index < -0.39 is 0 Å². The lowest BCUT2D eigenvalue weighted by molar-refractivity contribution is 0.660. The zero-order valence-electron chi connectivity index (χ0n) is 35.2. The van der Waals surface area contributed by atoms with Gasteiger partial charge in [0.2, 0.25) is 0 Å². The van der Waals surface area contributed by atoms with Crippen LogP contribution in [0.1, 0.15) is 42.5 Å². The fourth-order valence-electron chi connectivity index (χ4n) is 9.68. The molecule has 1 heteroatoms. The Bertz CT molecular complexity index is 2960. The van der Waals surface area contributed by atoms with Gasteiger partial charge in [-0.1, -0.05) is 196 Å². The van der Waals surface area contributed by atoms with E-state index in [1.807, 2.05) is 0 Å². The van der Waals surface area contributed by atoms with Crippen molar-refractivity contribution in [3.05, 3.63) is 241 Å². The lowest BCUT2D eigenvalue weighted by Gasteiger charge is -2.28. The molecule has 0 amide bonds. The van der Waals surface area contributed by atoms with Crippen molar-refractivity contribution in [3.63, 3.8) is 0 Å². The van der Waals surface area contributed by atoms with Gasteiger partial charge in [0, 0.05) is 22.5 Å². The molecule has 1 nitrogen and oxygen atoms in total. The summed E-state index contributed by atoms with van der Waals surface area (Å²) in [5.41, 5.74) is 23.7. The summed E-state index contributed by atoms with van der Waals surface area (Å²) >= 11 is 0. The highest BCUT2D eigenvalue weighted by Crippen LogP contribution is 2.52. The molecule has 0 aromatic heterocycles. The van der Waals surface area contributed by atoms with Crippen molar-refractivity contribution < 1.29 is 0 Å². The van der Waals surface area contributed by atoms with Crippen molar-refractivity contribution in [2.24, 2.45) is 0 Å². The van der Waals surface area contributed by atoms with Crippen LogP contribution in [-0.4, -0.2) is 0 Å². The van der Waals surface area contributed by atoms with Crippen LogP contribution in [0.2, 0.25) is 0 Å². The van der Waals surface area contributed by atoms with Gasteiger partial charge in [-0.05, 0) is 144 Å². The maximum atomic E-state index is 2.45. The zero-order chi connectivity index (χ0) is 41.6. The highest BCUT2D eigenvalue weighted by Gasteiger charge is 2.36. The molecule has 9 aromatic rings. The third kappa shape index (κ3) is 6.86. The summed E-state index contributed by atoms with van der Waals surface area (Å²) in [5, 5.41) is 0. The molecule has 0 spiro atoms. The molecule has 0 saturated carbocycles.